The maximum absolute atomic E-state index is 12.8. The number of hydrogen-bond donors (Lipinski definition) is 2. The molecule has 0 spiro atoms. The molecule has 0 bridgehead atoms. The molecule has 2 N–H and O–H groups in total. The Labute approximate surface area is 122 Å². The second-order valence-corrected chi connectivity index (χ2v) is 5.57. The van der Waals surface area contributed by atoms with Crippen LogP contribution in [-0.4, -0.2) is 35.5 Å². The Kier molecular flexibility index (Phi) is 3.77. The van der Waals surface area contributed by atoms with Gasteiger partial charge < -0.3 is 15.5 Å². The first-order valence-corrected chi connectivity index (χ1v) is 7.27. The lowest BCUT2D eigenvalue weighted by Gasteiger charge is -2.24. The fourth-order valence-corrected chi connectivity index (χ4v) is 2.54. The SMILES string of the molecule is O=C(NC1CC1)C1CCCN1C(=O)Nc1ccc(F)cc1. The van der Waals surface area contributed by atoms with Crippen LogP contribution < -0.4 is 10.6 Å². The van der Waals surface area contributed by atoms with Crippen molar-refractivity contribution in [3.8, 4) is 0 Å². The summed E-state index contributed by atoms with van der Waals surface area (Å²) in [4.78, 5) is 25.9. The molecular formula is C15H18FN3O2. The Hall–Kier alpha value is -2.11. The molecule has 1 unspecified atom stereocenters. The van der Waals surface area contributed by atoms with Gasteiger partial charge in [0.1, 0.15) is 11.9 Å². The van der Waals surface area contributed by atoms with Gasteiger partial charge in [0.25, 0.3) is 0 Å². The van der Waals surface area contributed by atoms with Crippen LogP contribution >= 0.6 is 0 Å². The number of benzene rings is 1. The average molecular weight is 291 g/mol. The molecule has 1 aliphatic carbocycles. The Balaban J connectivity index is 1.62. The topological polar surface area (TPSA) is 61.4 Å². The monoisotopic (exact) mass is 291 g/mol. The minimum Gasteiger partial charge on any atom is -0.352 e. The number of carbonyl (C=O) groups excluding carboxylic acids is 2. The summed E-state index contributed by atoms with van der Waals surface area (Å²) in [6, 6.07) is 5.17. The van der Waals surface area contributed by atoms with Crippen molar-refractivity contribution in [1.29, 1.82) is 0 Å². The van der Waals surface area contributed by atoms with E-state index in [1.807, 2.05) is 0 Å². The Bertz CT molecular complexity index is 542. The van der Waals surface area contributed by atoms with E-state index in [9.17, 15) is 14.0 Å². The molecule has 0 radical (unpaired) electrons. The van der Waals surface area contributed by atoms with Crippen molar-refractivity contribution < 1.29 is 14.0 Å². The molecule has 1 aliphatic heterocycles. The minimum absolute atomic E-state index is 0.0655. The first-order valence-electron chi connectivity index (χ1n) is 7.27. The maximum Gasteiger partial charge on any atom is 0.322 e. The summed E-state index contributed by atoms with van der Waals surface area (Å²) >= 11 is 0. The van der Waals surface area contributed by atoms with Crippen molar-refractivity contribution in [2.75, 3.05) is 11.9 Å². The second-order valence-electron chi connectivity index (χ2n) is 5.57. The van der Waals surface area contributed by atoms with E-state index in [0.717, 1.165) is 19.3 Å². The number of carbonyl (C=O) groups is 2. The molecule has 2 fully saturated rings. The molecule has 5 nitrogen and oxygen atoms in total. The Morgan fingerprint density at radius 3 is 2.52 bits per heavy atom. The van der Waals surface area contributed by atoms with Gasteiger partial charge in [-0.3, -0.25) is 4.79 Å². The molecule has 21 heavy (non-hydrogen) atoms. The number of rotatable bonds is 3. The van der Waals surface area contributed by atoms with E-state index >= 15 is 0 Å². The van der Waals surface area contributed by atoms with Crippen LogP contribution in [0.2, 0.25) is 0 Å². The largest absolute Gasteiger partial charge is 0.352 e. The van der Waals surface area contributed by atoms with E-state index in [2.05, 4.69) is 10.6 Å². The number of hydrogen-bond acceptors (Lipinski definition) is 2. The Morgan fingerprint density at radius 2 is 1.86 bits per heavy atom. The third-order valence-corrected chi connectivity index (χ3v) is 3.84. The van der Waals surface area contributed by atoms with E-state index in [-0.39, 0.29) is 17.8 Å². The van der Waals surface area contributed by atoms with Gasteiger partial charge in [-0.2, -0.15) is 0 Å². The average Bonchev–Trinajstić information content (AvgIpc) is 3.13. The van der Waals surface area contributed by atoms with Gasteiger partial charge in [0.05, 0.1) is 0 Å². The molecule has 112 valence electrons. The lowest BCUT2D eigenvalue weighted by Crippen LogP contribution is -2.47. The molecule has 3 amide bonds. The van der Waals surface area contributed by atoms with Gasteiger partial charge in [-0.25, -0.2) is 9.18 Å². The zero-order valence-electron chi connectivity index (χ0n) is 11.6. The number of anilines is 1. The van der Waals surface area contributed by atoms with Gasteiger partial charge in [-0.05, 0) is 49.9 Å². The molecule has 1 heterocycles. The molecule has 1 aromatic rings. The third-order valence-electron chi connectivity index (χ3n) is 3.84. The van der Waals surface area contributed by atoms with Gasteiger partial charge >= 0.3 is 6.03 Å². The first-order chi connectivity index (χ1) is 10.1. The lowest BCUT2D eigenvalue weighted by atomic mass is 10.2. The van der Waals surface area contributed by atoms with Crippen LogP contribution in [0.1, 0.15) is 25.7 Å². The van der Waals surface area contributed by atoms with E-state index in [1.165, 1.54) is 24.3 Å². The summed E-state index contributed by atoms with van der Waals surface area (Å²) in [5.41, 5.74) is 0.523. The number of nitrogens with zero attached hydrogens (tertiary/aromatic N) is 1. The summed E-state index contributed by atoms with van der Waals surface area (Å²) < 4.78 is 12.8. The van der Waals surface area contributed by atoms with Crippen LogP contribution in [-0.2, 0) is 4.79 Å². The van der Waals surface area contributed by atoms with Crippen molar-refractivity contribution in [2.45, 2.75) is 37.8 Å². The fraction of sp³-hybridized carbons (Fsp3) is 0.467. The standard InChI is InChI=1S/C15H18FN3O2/c16-10-3-5-12(6-4-10)18-15(21)19-9-1-2-13(19)14(20)17-11-7-8-11/h3-6,11,13H,1-2,7-9H2,(H,17,20)(H,18,21). The normalized spacial score (nSPS) is 21.2. The van der Waals surface area contributed by atoms with Gasteiger partial charge in [-0.1, -0.05) is 0 Å². The molecule has 0 aromatic heterocycles. The summed E-state index contributed by atoms with van der Waals surface area (Å²) in [6.07, 6.45) is 3.56. The summed E-state index contributed by atoms with van der Waals surface area (Å²) in [5, 5.41) is 5.65. The van der Waals surface area contributed by atoms with Gasteiger partial charge in [-0.15, -0.1) is 0 Å². The second kappa shape index (κ2) is 5.71. The highest BCUT2D eigenvalue weighted by molar-refractivity contribution is 5.94. The fourth-order valence-electron chi connectivity index (χ4n) is 2.54. The van der Waals surface area contributed by atoms with Crippen LogP contribution in [0, 0.1) is 5.82 Å². The van der Waals surface area contributed by atoms with Crippen LogP contribution in [0.15, 0.2) is 24.3 Å². The van der Waals surface area contributed by atoms with E-state index in [0.29, 0.717) is 24.7 Å². The molecule has 1 atom stereocenters. The highest BCUT2D eigenvalue weighted by Crippen LogP contribution is 2.23. The molecular weight excluding hydrogens is 273 g/mol. The van der Waals surface area contributed by atoms with Gasteiger partial charge in [0.15, 0.2) is 0 Å². The molecule has 3 rings (SSSR count). The van der Waals surface area contributed by atoms with Crippen LogP contribution in [0.25, 0.3) is 0 Å². The lowest BCUT2D eigenvalue weighted by molar-refractivity contribution is -0.124. The minimum atomic E-state index is -0.397. The van der Waals surface area contributed by atoms with Gasteiger partial charge in [0, 0.05) is 18.3 Å². The number of halogens is 1. The zero-order chi connectivity index (χ0) is 14.8. The van der Waals surface area contributed by atoms with Crippen molar-refractivity contribution in [2.24, 2.45) is 0 Å². The van der Waals surface area contributed by atoms with E-state index in [4.69, 9.17) is 0 Å². The molecule has 2 aliphatic rings. The zero-order valence-corrected chi connectivity index (χ0v) is 11.6. The molecule has 1 saturated carbocycles. The third kappa shape index (κ3) is 3.32. The predicted molar refractivity (Wildman–Crippen MR) is 76.3 cm³/mol. The highest BCUT2D eigenvalue weighted by atomic mass is 19.1. The highest BCUT2D eigenvalue weighted by Gasteiger charge is 2.36. The number of likely N-dealkylation sites (tertiary alicyclic amines) is 1. The number of nitrogens with one attached hydrogen (secondary N) is 2. The summed E-state index contributed by atoms with van der Waals surface area (Å²) in [5.74, 6) is -0.417. The molecule has 6 heteroatoms. The van der Waals surface area contributed by atoms with Crippen molar-refractivity contribution in [3.05, 3.63) is 30.1 Å². The molecule has 1 aromatic carbocycles. The number of amides is 3. The smallest absolute Gasteiger partial charge is 0.322 e. The maximum atomic E-state index is 12.8. The quantitative estimate of drug-likeness (QED) is 0.896. The predicted octanol–water partition coefficient (Wildman–Crippen LogP) is 2.10. The number of urea groups is 1. The van der Waals surface area contributed by atoms with Crippen LogP contribution in [0.3, 0.4) is 0 Å². The summed E-state index contributed by atoms with van der Waals surface area (Å²) in [7, 11) is 0. The molecule has 1 saturated heterocycles. The first kappa shape index (κ1) is 13.9. The van der Waals surface area contributed by atoms with Crippen molar-refractivity contribution >= 4 is 17.6 Å². The Morgan fingerprint density at radius 1 is 1.14 bits per heavy atom. The van der Waals surface area contributed by atoms with Crippen LogP contribution in [0.5, 0.6) is 0 Å². The van der Waals surface area contributed by atoms with Crippen molar-refractivity contribution in [3.63, 3.8) is 0 Å². The van der Waals surface area contributed by atoms with Crippen LogP contribution in [0.4, 0.5) is 14.9 Å². The van der Waals surface area contributed by atoms with Crippen molar-refractivity contribution in [1.82, 2.24) is 10.2 Å². The summed E-state index contributed by atoms with van der Waals surface area (Å²) in [6.45, 7) is 0.565. The van der Waals surface area contributed by atoms with E-state index < -0.39 is 6.04 Å². The van der Waals surface area contributed by atoms with E-state index in [1.54, 1.807) is 4.90 Å². The van der Waals surface area contributed by atoms with Gasteiger partial charge in [0.2, 0.25) is 5.91 Å².